The SMILES string of the molecule is COn1c(-c2cccc(Cl)c2)nc2ccc(Cl)cc2c1=O. The van der Waals surface area contributed by atoms with Crippen LogP contribution in [0.4, 0.5) is 0 Å². The van der Waals surface area contributed by atoms with Crippen molar-refractivity contribution in [3.63, 3.8) is 0 Å². The molecule has 0 atom stereocenters. The Labute approximate surface area is 130 Å². The third-order valence-corrected chi connectivity index (χ3v) is 3.53. The molecule has 1 aromatic heterocycles. The van der Waals surface area contributed by atoms with E-state index in [1.807, 2.05) is 6.07 Å². The highest BCUT2D eigenvalue weighted by molar-refractivity contribution is 6.31. The van der Waals surface area contributed by atoms with Crippen molar-refractivity contribution in [3.8, 4) is 11.4 Å². The summed E-state index contributed by atoms with van der Waals surface area (Å²) in [6.07, 6.45) is 0. The molecule has 106 valence electrons. The summed E-state index contributed by atoms with van der Waals surface area (Å²) < 4.78 is 1.13. The molecule has 0 spiro atoms. The van der Waals surface area contributed by atoms with Gasteiger partial charge in [0.15, 0.2) is 5.82 Å². The normalized spacial score (nSPS) is 10.8. The van der Waals surface area contributed by atoms with Crippen LogP contribution in [0.1, 0.15) is 0 Å². The molecule has 3 aromatic rings. The molecular formula is C15H10Cl2N2O2. The summed E-state index contributed by atoms with van der Waals surface area (Å²) in [5.41, 5.74) is 0.922. The van der Waals surface area contributed by atoms with Crippen LogP contribution in [0.2, 0.25) is 10.0 Å². The summed E-state index contributed by atoms with van der Waals surface area (Å²) in [6, 6.07) is 12.0. The molecule has 2 aromatic carbocycles. The van der Waals surface area contributed by atoms with Crippen molar-refractivity contribution in [1.82, 2.24) is 9.71 Å². The molecule has 4 nitrogen and oxygen atoms in total. The molecular weight excluding hydrogens is 311 g/mol. The highest BCUT2D eigenvalue weighted by atomic mass is 35.5. The van der Waals surface area contributed by atoms with Crippen molar-refractivity contribution >= 4 is 34.1 Å². The minimum atomic E-state index is -0.319. The highest BCUT2D eigenvalue weighted by Gasteiger charge is 2.13. The first-order valence-corrected chi connectivity index (χ1v) is 6.88. The molecule has 0 saturated heterocycles. The Balaban J connectivity index is 2.38. The maximum absolute atomic E-state index is 12.5. The second kappa shape index (κ2) is 5.39. The lowest BCUT2D eigenvalue weighted by Crippen LogP contribution is -2.27. The van der Waals surface area contributed by atoms with Gasteiger partial charge in [0.2, 0.25) is 0 Å². The van der Waals surface area contributed by atoms with Gasteiger partial charge < -0.3 is 4.84 Å². The van der Waals surface area contributed by atoms with Gasteiger partial charge in [-0.2, -0.15) is 0 Å². The van der Waals surface area contributed by atoms with Crippen LogP contribution in [0.5, 0.6) is 0 Å². The van der Waals surface area contributed by atoms with E-state index in [0.29, 0.717) is 32.3 Å². The third-order valence-electron chi connectivity index (χ3n) is 3.06. The summed E-state index contributed by atoms with van der Waals surface area (Å²) in [4.78, 5) is 22.2. The summed E-state index contributed by atoms with van der Waals surface area (Å²) >= 11 is 11.9. The van der Waals surface area contributed by atoms with Crippen molar-refractivity contribution in [2.24, 2.45) is 0 Å². The molecule has 1 heterocycles. The summed E-state index contributed by atoms with van der Waals surface area (Å²) in [6.45, 7) is 0. The lowest BCUT2D eigenvalue weighted by molar-refractivity contribution is 0.160. The molecule has 0 bridgehead atoms. The Morgan fingerprint density at radius 1 is 1.10 bits per heavy atom. The maximum atomic E-state index is 12.5. The lowest BCUT2D eigenvalue weighted by Gasteiger charge is -2.11. The summed E-state index contributed by atoms with van der Waals surface area (Å²) in [5.74, 6) is 0.389. The van der Waals surface area contributed by atoms with Gasteiger partial charge in [-0.3, -0.25) is 4.79 Å². The average molecular weight is 321 g/mol. The van der Waals surface area contributed by atoms with Gasteiger partial charge in [-0.15, -0.1) is 4.73 Å². The second-order valence-corrected chi connectivity index (χ2v) is 5.26. The van der Waals surface area contributed by atoms with Crippen LogP contribution in [0.3, 0.4) is 0 Å². The van der Waals surface area contributed by atoms with Crippen molar-refractivity contribution in [3.05, 3.63) is 62.9 Å². The van der Waals surface area contributed by atoms with Gasteiger partial charge >= 0.3 is 0 Å². The minimum absolute atomic E-state index is 0.319. The number of rotatable bonds is 2. The van der Waals surface area contributed by atoms with E-state index in [9.17, 15) is 4.79 Å². The van der Waals surface area contributed by atoms with Crippen molar-refractivity contribution in [2.45, 2.75) is 0 Å². The standard InChI is InChI=1S/C15H10Cl2N2O2/c1-21-19-14(9-3-2-4-10(16)7-9)18-13-6-5-11(17)8-12(13)15(19)20/h2-8H,1H3. The van der Waals surface area contributed by atoms with Gasteiger partial charge in [-0.1, -0.05) is 35.3 Å². The number of hydrogen-bond acceptors (Lipinski definition) is 3. The van der Waals surface area contributed by atoms with Crippen LogP contribution < -0.4 is 10.4 Å². The Kier molecular flexibility index (Phi) is 3.57. The first-order valence-electron chi connectivity index (χ1n) is 6.13. The zero-order valence-electron chi connectivity index (χ0n) is 11.0. The van der Waals surface area contributed by atoms with E-state index in [0.717, 1.165) is 4.73 Å². The van der Waals surface area contributed by atoms with Gasteiger partial charge in [0.1, 0.15) is 7.11 Å². The fraction of sp³-hybridized carbons (Fsp3) is 0.0667. The Bertz CT molecular complexity index is 890. The first-order chi connectivity index (χ1) is 10.1. The number of aromatic nitrogens is 2. The fourth-order valence-corrected chi connectivity index (χ4v) is 2.48. The summed E-state index contributed by atoms with van der Waals surface area (Å²) in [5, 5.41) is 1.43. The minimum Gasteiger partial charge on any atom is -0.412 e. The van der Waals surface area contributed by atoms with Gasteiger partial charge in [-0.05, 0) is 30.3 Å². The number of hydrogen-bond donors (Lipinski definition) is 0. The van der Waals surface area contributed by atoms with E-state index in [1.165, 1.54) is 7.11 Å². The molecule has 0 aliphatic rings. The Morgan fingerprint density at radius 3 is 2.57 bits per heavy atom. The Hall–Kier alpha value is -2.04. The third kappa shape index (κ3) is 2.48. The van der Waals surface area contributed by atoms with Gasteiger partial charge in [0, 0.05) is 15.6 Å². The highest BCUT2D eigenvalue weighted by Crippen LogP contribution is 2.22. The van der Waals surface area contributed by atoms with Gasteiger partial charge in [0.05, 0.1) is 10.9 Å². The number of nitrogens with zero attached hydrogens (tertiary/aromatic N) is 2. The molecule has 0 fully saturated rings. The number of fused-ring (bicyclic) bond motifs is 1. The average Bonchev–Trinajstić information content (AvgIpc) is 2.48. The van der Waals surface area contributed by atoms with Crippen LogP contribution in [0.25, 0.3) is 22.3 Å². The van der Waals surface area contributed by atoms with Gasteiger partial charge in [0.25, 0.3) is 5.56 Å². The van der Waals surface area contributed by atoms with E-state index in [1.54, 1.807) is 36.4 Å². The van der Waals surface area contributed by atoms with Crippen molar-refractivity contribution in [1.29, 1.82) is 0 Å². The maximum Gasteiger partial charge on any atom is 0.294 e. The van der Waals surface area contributed by atoms with E-state index >= 15 is 0 Å². The molecule has 0 amide bonds. The zero-order chi connectivity index (χ0) is 15.0. The smallest absolute Gasteiger partial charge is 0.294 e. The summed E-state index contributed by atoms with van der Waals surface area (Å²) in [7, 11) is 1.41. The predicted molar refractivity (Wildman–Crippen MR) is 84.0 cm³/mol. The molecule has 0 N–H and O–H groups in total. The van der Waals surface area contributed by atoms with Crippen LogP contribution >= 0.6 is 23.2 Å². The second-order valence-electron chi connectivity index (χ2n) is 4.39. The lowest BCUT2D eigenvalue weighted by atomic mass is 10.2. The van der Waals surface area contributed by atoms with Crippen LogP contribution in [-0.2, 0) is 0 Å². The number of halogens is 2. The first kappa shape index (κ1) is 13.9. The van der Waals surface area contributed by atoms with Gasteiger partial charge in [-0.25, -0.2) is 4.98 Å². The molecule has 3 rings (SSSR count). The molecule has 0 aliphatic carbocycles. The Morgan fingerprint density at radius 2 is 1.86 bits per heavy atom. The van der Waals surface area contributed by atoms with Crippen LogP contribution in [0.15, 0.2) is 47.3 Å². The molecule has 0 saturated carbocycles. The molecule has 0 aliphatic heterocycles. The predicted octanol–water partition coefficient (Wildman–Crippen LogP) is 3.43. The van der Waals surface area contributed by atoms with Crippen LogP contribution in [0, 0.1) is 0 Å². The number of benzene rings is 2. The van der Waals surface area contributed by atoms with E-state index in [4.69, 9.17) is 28.0 Å². The largest absolute Gasteiger partial charge is 0.412 e. The van der Waals surface area contributed by atoms with E-state index in [2.05, 4.69) is 4.98 Å². The quantitative estimate of drug-likeness (QED) is 0.726. The van der Waals surface area contributed by atoms with Crippen molar-refractivity contribution in [2.75, 3.05) is 7.11 Å². The van der Waals surface area contributed by atoms with Crippen LogP contribution in [-0.4, -0.2) is 16.8 Å². The van der Waals surface area contributed by atoms with E-state index in [-0.39, 0.29) is 5.56 Å². The van der Waals surface area contributed by atoms with Crippen molar-refractivity contribution < 1.29 is 4.84 Å². The molecule has 6 heteroatoms. The van der Waals surface area contributed by atoms with E-state index < -0.39 is 0 Å². The molecule has 0 radical (unpaired) electrons. The molecule has 0 unspecified atom stereocenters. The molecule has 21 heavy (non-hydrogen) atoms. The monoisotopic (exact) mass is 320 g/mol. The fourth-order valence-electron chi connectivity index (χ4n) is 2.12. The topological polar surface area (TPSA) is 44.1 Å². The zero-order valence-corrected chi connectivity index (χ0v) is 12.5.